The average molecular weight is 460 g/mol. The summed E-state index contributed by atoms with van der Waals surface area (Å²) in [4.78, 5) is 2.36. The van der Waals surface area contributed by atoms with Gasteiger partial charge in [0.05, 0.1) is 0 Å². The van der Waals surface area contributed by atoms with E-state index in [0.717, 1.165) is 11.4 Å². The molecule has 0 unspecified atom stereocenters. The van der Waals surface area contributed by atoms with Crippen molar-refractivity contribution >= 4 is 27.8 Å². The van der Waals surface area contributed by atoms with E-state index in [1.165, 1.54) is 55.4 Å². The molecule has 0 bridgehead atoms. The zero-order valence-corrected chi connectivity index (χ0v) is 20.1. The first-order chi connectivity index (χ1) is 17.8. The fourth-order valence-corrected chi connectivity index (χ4v) is 5.69. The summed E-state index contributed by atoms with van der Waals surface area (Å²) in [5.74, 6) is 0. The molecule has 0 N–H and O–H groups in total. The largest absolute Gasteiger partial charge is 0.310 e. The van der Waals surface area contributed by atoms with Gasteiger partial charge in [-0.1, -0.05) is 103 Å². The molecule has 1 aliphatic carbocycles. The number of hydrogen-bond donors (Lipinski definition) is 0. The Kier molecular flexibility index (Phi) is 4.75. The lowest BCUT2D eigenvalue weighted by Gasteiger charge is -2.27. The van der Waals surface area contributed by atoms with E-state index >= 15 is 0 Å². The molecule has 6 aromatic rings. The Morgan fingerprint density at radius 2 is 1.06 bits per heavy atom. The Morgan fingerprint density at radius 3 is 1.86 bits per heavy atom. The number of benzene rings is 6. The monoisotopic (exact) mass is 459 g/mol. The van der Waals surface area contributed by atoms with Crippen LogP contribution in [0.25, 0.3) is 44.2 Å². The van der Waals surface area contributed by atoms with Crippen LogP contribution in [0.5, 0.6) is 0 Å². The van der Waals surface area contributed by atoms with E-state index in [0.29, 0.717) is 0 Å². The summed E-state index contributed by atoms with van der Waals surface area (Å²) in [5, 5.41) is 2.67. The summed E-state index contributed by atoms with van der Waals surface area (Å²) in [6.07, 6.45) is 0. The predicted molar refractivity (Wildman–Crippen MR) is 153 cm³/mol. The molecule has 0 aromatic heterocycles. The van der Waals surface area contributed by atoms with Crippen LogP contribution in [-0.2, 0) is 0 Å². The zero-order valence-electron chi connectivity index (χ0n) is 20.1. The van der Waals surface area contributed by atoms with Crippen LogP contribution in [0.2, 0.25) is 0 Å². The summed E-state index contributed by atoms with van der Waals surface area (Å²) in [6.45, 7) is 2.18. The second-order valence-electron chi connectivity index (χ2n) is 9.44. The van der Waals surface area contributed by atoms with Gasteiger partial charge in [-0.25, -0.2) is 0 Å². The smallest absolute Gasteiger partial charge is 0.0490 e. The third-order valence-corrected chi connectivity index (χ3v) is 7.33. The Hall–Kier alpha value is -4.62. The molecule has 0 saturated heterocycles. The van der Waals surface area contributed by atoms with Crippen LogP contribution in [-0.4, -0.2) is 0 Å². The summed E-state index contributed by atoms with van der Waals surface area (Å²) < 4.78 is 0. The van der Waals surface area contributed by atoms with Crippen molar-refractivity contribution in [3.63, 3.8) is 0 Å². The van der Waals surface area contributed by atoms with E-state index in [1.54, 1.807) is 0 Å². The lowest BCUT2D eigenvalue weighted by atomic mass is 9.94. The van der Waals surface area contributed by atoms with Crippen LogP contribution in [0, 0.1) is 6.92 Å². The SMILES string of the molecule is Cc1ccccc1N(c1ccccc1)c1cccc(-c2ccc3c4c(cccc24)-c2ccccc2-3)c1. The second-order valence-corrected chi connectivity index (χ2v) is 9.44. The highest BCUT2D eigenvalue weighted by Gasteiger charge is 2.22. The van der Waals surface area contributed by atoms with E-state index in [2.05, 4.69) is 145 Å². The number of para-hydroxylation sites is 2. The third kappa shape index (κ3) is 3.17. The maximum Gasteiger partial charge on any atom is 0.0490 e. The molecule has 0 radical (unpaired) electrons. The van der Waals surface area contributed by atoms with Gasteiger partial charge in [-0.3, -0.25) is 0 Å². The van der Waals surface area contributed by atoms with Crippen molar-refractivity contribution in [2.75, 3.05) is 4.90 Å². The Labute approximate surface area is 211 Å². The van der Waals surface area contributed by atoms with Crippen LogP contribution < -0.4 is 4.90 Å². The molecule has 170 valence electrons. The van der Waals surface area contributed by atoms with Crippen molar-refractivity contribution in [2.45, 2.75) is 6.92 Å². The van der Waals surface area contributed by atoms with Crippen molar-refractivity contribution in [3.05, 3.63) is 139 Å². The molecule has 0 aliphatic heterocycles. The first kappa shape index (κ1) is 20.7. The predicted octanol–water partition coefficient (Wildman–Crippen LogP) is 9.93. The molecule has 0 spiro atoms. The van der Waals surface area contributed by atoms with E-state index < -0.39 is 0 Å². The number of fused-ring (bicyclic) bond motifs is 3. The third-order valence-electron chi connectivity index (χ3n) is 7.33. The molecule has 36 heavy (non-hydrogen) atoms. The van der Waals surface area contributed by atoms with Gasteiger partial charge in [0.1, 0.15) is 0 Å². The van der Waals surface area contributed by atoms with Crippen LogP contribution in [0.1, 0.15) is 5.56 Å². The van der Waals surface area contributed by atoms with E-state index in [9.17, 15) is 0 Å². The normalized spacial score (nSPS) is 11.5. The molecule has 0 atom stereocenters. The molecular formula is C35H25N. The zero-order chi connectivity index (χ0) is 24.1. The van der Waals surface area contributed by atoms with Crippen LogP contribution in [0.15, 0.2) is 133 Å². The maximum absolute atomic E-state index is 2.36. The highest BCUT2D eigenvalue weighted by Crippen LogP contribution is 2.49. The summed E-state index contributed by atoms with van der Waals surface area (Å²) >= 11 is 0. The molecule has 0 heterocycles. The Balaban J connectivity index is 1.42. The number of rotatable bonds is 4. The van der Waals surface area contributed by atoms with Gasteiger partial charge in [-0.05, 0) is 87.0 Å². The highest BCUT2D eigenvalue weighted by molar-refractivity contribution is 6.18. The molecule has 7 rings (SSSR count). The van der Waals surface area contributed by atoms with E-state index in [1.807, 2.05) is 0 Å². The van der Waals surface area contributed by atoms with Gasteiger partial charge < -0.3 is 4.90 Å². The highest BCUT2D eigenvalue weighted by atomic mass is 15.1. The van der Waals surface area contributed by atoms with Gasteiger partial charge in [0, 0.05) is 17.1 Å². The maximum atomic E-state index is 2.36. The molecule has 0 amide bonds. The minimum atomic E-state index is 1.15. The molecule has 1 nitrogen and oxygen atoms in total. The molecule has 0 fully saturated rings. The molecule has 1 aliphatic rings. The standard InChI is InChI=1S/C35H25N/c1-24-11-5-8-20-34(24)36(26-13-3-2-4-14-26)27-15-9-12-25(23-27)28-21-22-33-30-17-7-6-16-29(30)32-19-10-18-31(28)35(32)33/h2-23H,1H3. The van der Waals surface area contributed by atoms with Gasteiger partial charge in [0.2, 0.25) is 0 Å². The van der Waals surface area contributed by atoms with Crippen LogP contribution in [0.4, 0.5) is 17.1 Å². The molecule has 6 aromatic carbocycles. The van der Waals surface area contributed by atoms with Crippen molar-refractivity contribution in [1.82, 2.24) is 0 Å². The van der Waals surface area contributed by atoms with Gasteiger partial charge >= 0.3 is 0 Å². The van der Waals surface area contributed by atoms with E-state index in [-0.39, 0.29) is 0 Å². The van der Waals surface area contributed by atoms with Gasteiger partial charge in [0.15, 0.2) is 0 Å². The lowest BCUT2D eigenvalue weighted by Crippen LogP contribution is -2.11. The Morgan fingerprint density at radius 1 is 0.444 bits per heavy atom. The fourth-order valence-electron chi connectivity index (χ4n) is 5.69. The summed E-state index contributed by atoms with van der Waals surface area (Å²) in [5.41, 5.74) is 12.6. The lowest BCUT2D eigenvalue weighted by molar-refractivity contribution is 1.25. The summed E-state index contributed by atoms with van der Waals surface area (Å²) in [6, 6.07) is 48.2. The first-order valence-electron chi connectivity index (χ1n) is 12.5. The van der Waals surface area contributed by atoms with E-state index in [4.69, 9.17) is 0 Å². The number of anilines is 3. The average Bonchev–Trinajstić information content (AvgIpc) is 3.26. The Bertz CT molecular complexity index is 1720. The summed E-state index contributed by atoms with van der Waals surface area (Å²) in [7, 11) is 0. The van der Waals surface area contributed by atoms with Crippen molar-refractivity contribution in [3.8, 4) is 33.4 Å². The van der Waals surface area contributed by atoms with Crippen LogP contribution >= 0.6 is 0 Å². The van der Waals surface area contributed by atoms with Crippen molar-refractivity contribution in [1.29, 1.82) is 0 Å². The molecular weight excluding hydrogens is 434 g/mol. The second kappa shape index (κ2) is 8.25. The van der Waals surface area contributed by atoms with Gasteiger partial charge in [-0.15, -0.1) is 0 Å². The van der Waals surface area contributed by atoms with Crippen LogP contribution in [0.3, 0.4) is 0 Å². The quantitative estimate of drug-likeness (QED) is 0.253. The van der Waals surface area contributed by atoms with Crippen molar-refractivity contribution in [2.24, 2.45) is 0 Å². The topological polar surface area (TPSA) is 3.24 Å². The number of nitrogens with zero attached hydrogens (tertiary/aromatic N) is 1. The van der Waals surface area contributed by atoms with Crippen molar-refractivity contribution < 1.29 is 0 Å². The molecule has 0 saturated carbocycles. The number of aryl methyl sites for hydroxylation is 1. The van der Waals surface area contributed by atoms with Gasteiger partial charge in [-0.2, -0.15) is 0 Å². The molecule has 1 heteroatoms. The minimum absolute atomic E-state index is 1.15. The number of hydrogen-bond acceptors (Lipinski definition) is 1. The first-order valence-corrected chi connectivity index (χ1v) is 12.5. The fraction of sp³-hybridized carbons (Fsp3) is 0.0286. The van der Waals surface area contributed by atoms with Gasteiger partial charge in [0.25, 0.3) is 0 Å². The minimum Gasteiger partial charge on any atom is -0.310 e.